The normalized spacial score (nSPS) is 13.9. The topological polar surface area (TPSA) is 73.9 Å². The molecule has 6 nitrogen and oxygen atoms in total. The summed E-state index contributed by atoms with van der Waals surface area (Å²) in [5.74, 6) is -0.387. The average molecular weight is 407 g/mol. The van der Waals surface area contributed by atoms with E-state index in [-0.39, 0.29) is 12.5 Å². The third kappa shape index (κ3) is 5.28. The fourth-order valence-electron chi connectivity index (χ4n) is 2.47. The van der Waals surface area contributed by atoms with Crippen LogP contribution in [0.2, 0.25) is 0 Å². The van der Waals surface area contributed by atoms with Crippen molar-refractivity contribution in [2.45, 2.75) is 19.2 Å². The zero-order chi connectivity index (χ0) is 21.0. The Balaban J connectivity index is 1.56. The van der Waals surface area contributed by atoms with Crippen LogP contribution in [0, 0.1) is 0 Å². The summed E-state index contributed by atoms with van der Waals surface area (Å²) in [4.78, 5) is 24.0. The smallest absolute Gasteiger partial charge is 0.416 e. The molecule has 1 aliphatic rings. The van der Waals surface area contributed by atoms with Gasteiger partial charge in [0.2, 0.25) is 6.79 Å². The van der Waals surface area contributed by atoms with Gasteiger partial charge in [0.15, 0.2) is 17.6 Å². The second kappa shape index (κ2) is 8.26. The first-order valence-corrected chi connectivity index (χ1v) is 8.49. The summed E-state index contributed by atoms with van der Waals surface area (Å²) >= 11 is 0. The molecule has 1 aliphatic heterocycles. The highest BCUT2D eigenvalue weighted by Crippen LogP contribution is 2.33. The predicted octanol–water partition coefficient (Wildman–Crippen LogP) is 4.02. The third-order valence-electron chi connectivity index (χ3n) is 3.93. The number of carbonyl (C=O) groups is 2. The first-order valence-electron chi connectivity index (χ1n) is 8.49. The van der Waals surface area contributed by atoms with Crippen LogP contribution in [0.1, 0.15) is 18.1 Å². The summed E-state index contributed by atoms with van der Waals surface area (Å²) in [6.07, 6.45) is -3.13. The number of amides is 1. The third-order valence-corrected chi connectivity index (χ3v) is 3.93. The van der Waals surface area contributed by atoms with Crippen LogP contribution in [0.25, 0.3) is 6.08 Å². The van der Waals surface area contributed by atoms with Crippen molar-refractivity contribution in [2.24, 2.45) is 0 Å². The molecule has 0 aliphatic carbocycles. The number of rotatable bonds is 5. The number of fused-ring (bicyclic) bond motifs is 1. The van der Waals surface area contributed by atoms with Gasteiger partial charge in [0, 0.05) is 11.8 Å². The summed E-state index contributed by atoms with van der Waals surface area (Å²) in [6.45, 7) is 1.44. The number of alkyl halides is 3. The number of ether oxygens (including phenoxy) is 3. The summed E-state index contributed by atoms with van der Waals surface area (Å²) in [6, 6.07) is 9.24. The van der Waals surface area contributed by atoms with Crippen molar-refractivity contribution in [1.82, 2.24) is 0 Å². The van der Waals surface area contributed by atoms with Gasteiger partial charge in [-0.1, -0.05) is 12.1 Å². The van der Waals surface area contributed by atoms with Crippen LogP contribution in [-0.4, -0.2) is 24.8 Å². The van der Waals surface area contributed by atoms with Crippen molar-refractivity contribution in [3.05, 3.63) is 59.7 Å². The van der Waals surface area contributed by atoms with Crippen molar-refractivity contribution >= 4 is 23.6 Å². The quantitative estimate of drug-likeness (QED) is 0.599. The number of halogens is 3. The van der Waals surface area contributed by atoms with Gasteiger partial charge < -0.3 is 19.5 Å². The van der Waals surface area contributed by atoms with Crippen molar-refractivity contribution < 1.29 is 37.0 Å². The van der Waals surface area contributed by atoms with Gasteiger partial charge in [0.25, 0.3) is 5.91 Å². The molecule has 1 N–H and O–H groups in total. The van der Waals surface area contributed by atoms with E-state index in [0.29, 0.717) is 17.1 Å². The van der Waals surface area contributed by atoms with Crippen molar-refractivity contribution in [3.63, 3.8) is 0 Å². The number of hydrogen-bond donors (Lipinski definition) is 1. The number of nitrogens with one attached hydrogen (secondary N) is 1. The molecule has 0 aromatic heterocycles. The molecular weight excluding hydrogens is 391 g/mol. The average Bonchev–Trinajstić information content (AvgIpc) is 3.13. The van der Waals surface area contributed by atoms with Crippen LogP contribution in [0.5, 0.6) is 11.5 Å². The van der Waals surface area contributed by atoms with E-state index in [1.54, 1.807) is 18.2 Å². The maximum atomic E-state index is 12.7. The zero-order valence-electron chi connectivity index (χ0n) is 15.2. The first-order chi connectivity index (χ1) is 13.7. The molecule has 1 amide bonds. The Hall–Kier alpha value is -3.49. The maximum absolute atomic E-state index is 12.7. The summed E-state index contributed by atoms with van der Waals surface area (Å²) in [5.41, 5.74) is -0.289. The van der Waals surface area contributed by atoms with Gasteiger partial charge in [-0.15, -0.1) is 0 Å². The molecule has 2 aromatic rings. The van der Waals surface area contributed by atoms with E-state index in [1.165, 1.54) is 25.1 Å². The largest absolute Gasteiger partial charge is 0.454 e. The number of benzene rings is 2. The van der Waals surface area contributed by atoms with Crippen molar-refractivity contribution in [1.29, 1.82) is 0 Å². The summed E-state index contributed by atoms with van der Waals surface area (Å²) < 4.78 is 53.6. The molecule has 0 saturated carbocycles. The molecule has 0 saturated heterocycles. The van der Waals surface area contributed by atoms with Crippen LogP contribution in [-0.2, 0) is 20.5 Å². The van der Waals surface area contributed by atoms with E-state index in [1.807, 2.05) is 0 Å². The lowest BCUT2D eigenvalue weighted by Gasteiger charge is -2.13. The van der Waals surface area contributed by atoms with Gasteiger partial charge in [0.1, 0.15) is 0 Å². The van der Waals surface area contributed by atoms with Gasteiger partial charge >= 0.3 is 12.1 Å². The van der Waals surface area contributed by atoms with Crippen LogP contribution in [0.15, 0.2) is 48.5 Å². The van der Waals surface area contributed by atoms with E-state index < -0.39 is 29.7 Å². The molecule has 0 bridgehead atoms. The van der Waals surface area contributed by atoms with Crippen molar-refractivity contribution in [3.8, 4) is 11.5 Å². The lowest BCUT2D eigenvalue weighted by Crippen LogP contribution is -2.29. The van der Waals surface area contributed by atoms with E-state index in [4.69, 9.17) is 14.2 Å². The Morgan fingerprint density at radius 2 is 1.90 bits per heavy atom. The minimum atomic E-state index is -4.53. The summed E-state index contributed by atoms with van der Waals surface area (Å²) in [5, 5.41) is 2.29. The zero-order valence-corrected chi connectivity index (χ0v) is 15.2. The second-order valence-electron chi connectivity index (χ2n) is 6.09. The second-order valence-corrected chi connectivity index (χ2v) is 6.09. The van der Waals surface area contributed by atoms with Gasteiger partial charge in [-0.25, -0.2) is 4.79 Å². The molecule has 29 heavy (non-hydrogen) atoms. The van der Waals surface area contributed by atoms with Gasteiger partial charge in [-0.05, 0) is 48.9 Å². The number of anilines is 1. The SMILES string of the molecule is C[C@@H](OC(=O)/C=C/c1ccc2c(c1)OCO2)C(=O)Nc1cccc(C(F)(F)F)c1. The Morgan fingerprint density at radius 3 is 2.66 bits per heavy atom. The molecule has 152 valence electrons. The van der Waals surface area contributed by atoms with Crippen LogP contribution in [0.4, 0.5) is 18.9 Å². The van der Waals surface area contributed by atoms with Gasteiger partial charge in [0.05, 0.1) is 5.56 Å². The first kappa shape index (κ1) is 20.2. The number of esters is 1. The van der Waals surface area contributed by atoms with E-state index in [2.05, 4.69) is 5.32 Å². The van der Waals surface area contributed by atoms with Crippen LogP contribution < -0.4 is 14.8 Å². The molecular formula is C20H16F3NO5. The van der Waals surface area contributed by atoms with E-state index >= 15 is 0 Å². The summed E-state index contributed by atoms with van der Waals surface area (Å²) in [7, 11) is 0. The molecule has 0 spiro atoms. The Labute approximate surface area is 163 Å². The Kier molecular flexibility index (Phi) is 5.76. The molecule has 1 heterocycles. The van der Waals surface area contributed by atoms with Crippen molar-refractivity contribution in [2.75, 3.05) is 12.1 Å². The Bertz CT molecular complexity index is 955. The lowest BCUT2D eigenvalue weighted by molar-refractivity contribution is -0.148. The molecule has 0 fully saturated rings. The number of carbonyl (C=O) groups excluding carboxylic acids is 2. The fourth-order valence-corrected chi connectivity index (χ4v) is 2.47. The fraction of sp³-hybridized carbons (Fsp3) is 0.200. The maximum Gasteiger partial charge on any atom is 0.416 e. The molecule has 3 rings (SSSR count). The van der Waals surface area contributed by atoms with E-state index in [9.17, 15) is 22.8 Å². The highest BCUT2D eigenvalue weighted by atomic mass is 19.4. The van der Waals surface area contributed by atoms with Gasteiger partial charge in [-0.2, -0.15) is 13.2 Å². The monoisotopic (exact) mass is 407 g/mol. The molecule has 1 atom stereocenters. The van der Waals surface area contributed by atoms with Gasteiger partial charge in [-0.3, -0.25) is 4.79 Å². The lowest BCUT2D eigenvalue weighted by atomic mass is 10.2. The highest BCUT2D eigenvalue weighted by Gasteiger charge is 2.30. The minimum Gasteiger partial charge on any atom is -0.454 e. The minimum absolute atomic E-state index is 0.0522. The Morgan fingerprint density at radius 1 is 1.14 bits per heavy atom. The molecule has 2 aromatic carbocycles. The highest BCUT2D eigenvalue weighted by molar-refractivity contribution is 5.96. The molecule has 9 heteroatoms. The molecule has 0 unspecified atom stereocenters. The van der Waals surface area contributed by atoms with Crippen LogP contribution in [0.3, 0.4) is 0 Å². The molecule has 0 radical (unpaired) electrons. The predicted molar refractivity (Wildman–Crippen MR) is 97.2 cm³/mol. The standard InChI is InChI=1S/C20H16F3NO5/c1-12(19(26)24-15-4-2-3-14(10-15)20(21,22)23)29-18(25)8-6-13-5-7-16-17(9-13)28-11-27-16/h2-10,12H,11H2,1H3,(H,24,26)/b8-6+/t12-/m1/s1. The van der Waals surface area contributed by atoms with E-state index in [0.717, 1.165) is 18.2 Å². The van der Waals surface area contributed by atoms with Crippen LogP contribution >= 0.6 is 0 Å². The number of hydrogen-bond acceptors (Lipinski definition) is 5.